The normalized spacial score (nSPS) is 19.5. The molecule has 0 fully saturated rings. The number of hydrogen-bond donors (Lipinski definition) is 2. The lowest BCUT2D eigenvalue weighted by Gasteiger charge is -2.26. The first kappa shape index (κ1) is 8.44. The van der Waals surface area contributed by atoms with Crippen LogP contribution in [0.1, 0.15) is 11.1 Å². The molecule has 0 amide bonds. The molecule has 1 heterocycles. The van der Waals surface area contributed by atoms with Gasteiger partial charge >= 0.3 is 0 Å². The number of phenolic OH excluding ortho intramolecular Hbond substituents is 1. The number of fused-ring (bicyclic) bond motifs is 1. The second-order valence-electron chi connectivity index (χ2n) is 3.11. The van der Waals surface area contributed by atoms with E-state index < -0.39 is 5.92 Å². The summed E-state index contributed by atoms with van der Waals surface area (Å²) in [4.78, 5) is 0. The van der Waals surface area contributed by atoms with Gasteiger partial charge in [0, 0.05) is 17.7 Å². The average Bonchev–Trinajstić information content (AvgIpc) is 2.06. The third kappa shape index (κ3) is 1.27. The molecule has 2 rings (SSSR count). The summed E-state index contributed by atoms with van der Waals surface area (Å²) in [5.41, 5.74) is 0.241. The number of alkyl halides is 2. The quantitative estimate of drug-likeness (QED) is 0.643. The maximum absolute atomic E-state index is 13.2. The van der Waals surface area contributed by atoms with Gasteiger partial charge in [0.1, 0.15) is 5.75 Å². The van der Waals surface area contributed by atoms with E-state index in [1.165, 1.54) is 18.2 Å². The molecule has 0 saturated heterocycles. The molecule has 0 atom stereocenters. The van der Waals surface area contributed by atoms with E-state index in [0.29, 0.717) is 12.1 Å². The smallest absolute Gasteiger partial charge is 0.285 e. The van der Waals surface area contributed by atoms with Crippen LogP contribution in [0.15, 0.2) is 18.2 Å². The van der Waals surface area contributed by atoms with Crippen LogP contribution in [-0.4, -0.2) is 11.7 Å². The van der Waals surface area contributed by atoms with Crippen molar-refractivity contribution in [1.82, 2.24) is 5.32 Å². The van der Waals surface area contributed by atoms with Crippen molar-refractivity contribution in [1.29, 1.82) is 0 Å². The first-order valence-electron chi connectivity index (χ1n) is 4.01. The van der Waals surface area contributed by atoms with Crippen molar-refractivity contribution in [3.05, 3.63) is 29.3 Å². The molecule has 1 aliphatic heterocycles. The van der Waals surface area contributed by atoms with Gasteiger partial charge in [0.15, 0.2) is 0 Å². The zero-order valence-electron chi connectivity index (χ0n) is 6.85. The zero-order chi connectivity index (χ0) is 9.47. The molecule has 1 aliphatic rings. The molecule has 13 heavy (non-hydrogen) atoms. The Hall–Kier alpha value is -1.16. The molecule has 0 radical (unpaired) electrons. The molecule has 0 unspecified atom stereocenters. The van der Waals surface area contributed by atoms with Crippen LogP contribution in [0.2, 0.25) is 0 Å². The predicted molar refractivity (Wildman–Crippen MR) is 43.7 cm³/mol. The van der Waals surface area contributed by atoms with E-state index in [2.05, 4.69) is 5.32 Å². The summed E-state index contributed by atoms with van der Waals surface area (Å²) in [6, 6.07) is 4.21. The van der Waals surface area contributed by atoms with Crippen molar-refractivity contribution in [2.45, 2.75) is 12.5 Å². The van der Waals surface area contributed by atoms with Crippen LogP contribution in [0.4, 0.5) is 8.78 Å². The van der Waals surface area contributed by atoms with Crippen LogP contribution in [0.25, 0.3) is 0 Å². The van der Waals surface area contributed by atoms with Crippen molar-refractivity contribution in [2.75, 3.05) is 6.54 Å². The van der Waals surface area contributed by atoms with Crippen molar-refractivity contribution in [3.8, 4) is 5.75 Å². The first-order chi connectivity index (χ1) is 6.11. The van der Waals surface area contributed by atoms with E-state index >= 15 is 0 Å². The Bertz CT molecular complexity index is 338. The van der Waals surface area contributed by atoms with Gasteiger partial charge in [-0.1, -0.05) is 12.1 Å². The van der Waals surface area contributed by atoms with Gasteiger partial charge in [-0.25, -0.2) is 0 Å². The number of nitrogens with one attached hydrogen (secondary N) is 1. The lowest BCUT2D eigenvalue weighted by Crippen LogP contribution is -2.36. The Morgan fingerprint density at radius 3 is 2.85 bits per heavy atom. The van der Waals surface area contributed by atoms with E-state index in [4.69, 9.17) is 0 Å². The molecule has 1 aromatic rings. The van der Waals surface area contributed by atoms with Gasteiger partial charge in [-0.05, 0) is 6.07 Å². The van der Waals surface area contributed by atoms with E-state index in [0.717, 1.165) is 0 Å². The van der Waals surface area contributed by atoms with Crippen LogP contribution in [-0.2, 0) is 12.5 Å². The van der Waals surface area contributed by atoms with E-state index in [1.54, 1.807) is 0 Å². The summed E-state index contributed by atoms with van der Waals surface area (Å²) >= 11 is 0. The molecule has 1 aromatic carbocycles. The number of benzene rings is 1. The summed E-state index contributed by atoms with van der Waals surface area (Å²) < 4.78 is 26.4. The number of halogens is 2. The Kier molecular flexibility index (Phi) is 1.73. The van der Waals surface area contributed by atoms with Gasteiger partial charge in [0.2, 0.25) is 0 Å². The Labute approximate surface area is 74.2 Å². The zero-order valence-corrected chi connectivity index (χ0v) is 6.85. The molecule has 0 aromatic heterocycles. The highest BCUT2D eigenvalue weighted by molar-refractivity contribution is 5.42. The molecule has 4 heteroatoms. The van der Waals surface area contributed by atoms with Crippen LogP contribution in [0.5, 0.6) is 5.75 Å². The fourth-order valence-corrected chi connectivity index (χ4v) is 1.54. The van der Waals surface area contributed by atoms with Gasteiger partial charge in [-0.3, -0.25) is 0 Å². The van der Waals surface area contributed by atoms with Gasteiger partial charge in [0.25, 0.3) is 5.92 Å². The molecular formula is C9H9F2NO. The third-order valence-electron chi connectivity index (χ3n) is 2.19. The first-order valence-corrected chi connectivity index (χ1v) is 4.01. The number of phenols is 1. The molecule has 2 N–H and O–H groups in total. The molecule has 0 bridgehead atoms. The molecule has 0 aliphatic carbocycles. The minimum absolute atomic E-state index is 0.0637. The van der Waals surface area contributed by atoms with Gasteiger partial charge in [-0.2, -0.15) is 8.78 Å². The Balaban J connectivity index is 2.58. The van der Waals surface area contributed by atoms with E-state index in [-0.39, 0.29) is 17.9 Å². The Morgan fingerprint density at radius 1 is 1.38 bits per heavy atom. The van der Waals surface area contributed by atoms with Crippen LogP contribution in [0.3, 0.4) is 0 Å². The van der Waals surface area contributed by atoms with Crippen LogP contribution in [0, 0.1) is 0 Å². The summed E-state index contributed by atoms with van der Waals surface area (Å²) in [5.74, 6) is -2.93. The predicted octanol–water partition coefficient (Wildman–Crippen LogP) is 1.59. The maximum Gasteiger partial charge on any atom is 0.285 e. The molecule has 70 valence electrons. The highest BCUT2D eigenvalue weighted by Crippen LogP contribution is 2.36. The van der Waals surface area contributed by atoms with E-state index in [9.17, 15) is 13.9 Å². The molecule has 0 saturated carbocycles. The SMILES string of the molecule is Oc1cccc2c1CNCC2(F)F. The van der Waals surface area contributed by atoms with Gasteiger partial charge in [-0.15, -0.1) is 0 Å². The maximum atomic E-state index is 13.2. The molecule has 2 nitrogen and oxygen atoms in total. The number of aromatic hydroxyl groups is 1. The Morgan fingerprint density at radius 2 is 2.15 bits per heavy atom. The number of rotatable bonds is 0. The third-order valence-corrected chi connectivity index (χ3v) is 2.19. The van der Waals surface area contributed by atoms with Crippen molar-refractivity contribution in [3.63, 3.8) is 0 Å². The average molecular weight is 185 g/mol. The standard InChI is InChI=1S/C9H9F2NO/c10-9(11)5-12-4-6-7(9)2-1-3-8(6)13/h1-3,12-13H,4-5H2. The minimum atomic E-state index is -2.87. The van der Waals surface area contributed by atoms with Crippen molar-refractivity contribution < 1.29 is 13.9 Å². The summed E-state index contributed by atoms with van der Waals surface area (Å²) in [6.07, 6.45) is 0. The van der Waals surface area contributed by atoms with Gasteiger partial charge in [0.05, 0.1) is 6.54 Å². The summed E-state index contributed by atoms with van der Waals surface area (Å²) in [5, 5.41) is 11.9. The monoisotopic (exact) mass is 185 g/mol. The minimum Gasteiger partial charge on any atom is -0.508 e. The highest BCUT2D eigenvalue weighted by atomic mass is 19.3. The molecule has 0 spiro atoms. The summed E-state index contributed by atoms with van der Waals surface area (Å²) in [6.45, 7) is -0.0545. The second kappa shape index (κ2) is 2.67. The number of hydrogen-bond acceptors (Lipinski definition) is 2. The fourth-order valence-electron chi connectivity index (χ4n) is 1.54. The van der Waals surface area contributed by atoms with Crippen LogP contribution < -0.4 is 5.32 Å². The van der Waals surface area contributed by atoms with E-state index in [1.807, 2.05) is 0 Å². The van der Waals surface area contributed by atoms with Gasteiger partial charge < -0.3 is 10.4 Å². The van der Waals surface area contributed by atoms with Crippen LogP contribution >= 0.6 is 0 Å². The topological polar surface area (TPSA) is 32.3 Å². The largest absolute Gasteiger partial charge is 0.508 e. The fraction of sp³-hybridized carbons (Fsp3) is 0.333. The molecular weight excluding hydrogens is 176 g/mol. The van der Waals surface area contributed by atoms with Crippen molar-refractivity contribution in [2.24, 2.45) is 0 Å². The summed E-state index contributed by atoms with van der Waals surface area (Å²) in [7, 11) is 0. The second-order valence-corrected chi connectivity index (χ2v) is 3.11. The highest BCUT2D eigenvalue weighted by Gasteiger charge is 2.37. The lowest BCUT2D eigenvalue weighted by atomic mass is 9.97. The lowest BCUT2D eigenvalue weighted by molar-refractivity contribution is -0.0112. The van der Waals surface area contributed by atoms with Crippen molar-refractivity contribution >= 4 is 0 Å².